The molecule has 2 aromatic heterocycles. The third-order valence-electron chi connectivity index (χ3n) is 6.95. The molecule has 1 aliphatic heterocycles. The lowest BCUT2D eigenvalue weighted by Gasteiger charge is -2.11. The largest absolute Gasteiger partial charge is 0.454 e. The van der Waals surface area contributed by atoms with Crippen molar-refractivity contribution in [3.63, 3.8) is 0 Å². The number of benzene rings is 3. The second kappa shape index (κ2) is 8.13. The van der Waals surface area contributed by atoms with E-state index < -0.39 is 0 Å². The Kier molecular flexibility index (Phi) is 4.94. The number of ether oxygens (including phenoxy) is 1. The zero-order valence-corrected chi connectivity index (χ0v) is 19.3. The van der Waals surface area contributed by atoms with Crippen LogP contribution < -0.4 is 4.57 Å². The van der Waals surface area contributed by atoms with Crippen molar-refractivity contribution in [3.05, 3.63) is 89.6 Å². The van der Waals surface area contributed by atoms with E-state index in [1.54, 1.807) is 0 Å². The highest BCUT2D eigenvalue weighted by molar-refractivity contribution is 6.13. The van der Waals surface area contributed by atoms with Crippen molar-refractivity contribution in [2.24, 2.45) is 7.05 Å². The van der Waals surface area contributed by atoms with Crippen LogP contribution in [0.5, 0.6) is 0 Å². The molecule has 1 unspecified atom stereocenters. The van der Waals surface area contributed by atoms with Crippen molar-refractivity contribution in [2.45, 2.75) is 25.9 Å². The van der Waals surface area contributed by atoms with Crippen LogP contribution >= 0.6 is 0 Å². The first-order valence-corrected chi connectivity index (χ1v) is 11.7. The molecule has 4 nitrogen and oxygen atoms in total. The number of hydrogen-bond acceptors (Lipinski definition) is 3. The predicted octanol–water partition coefficient (Wildman–Crippen LogP) is 6.78. The second-order valence-electron chi connectivity index (χ2n) is 9.03. The van der Waals surface area contributed by atoms with Gasteiger partial charge in [-0.15, -0.1) is 0 Å². The monoisotopic (exact) mass is 445 g/mol. The highest BCUT2D eigenvalue weighted by atomic mass is 16.5. The van der Waals surface area contributed by atoms with Crippen LogP contribution in [0.2, 0.25) is 0 Å². The summed E-state index contributed by atoms with van der Waals surface area (Å²) in [6.07, 6.45) is 4.37. The molecule has 5 aromatic rings. The van der Waals surface area contributed by atoms with Crippen LogP contribution in [0.4, 0.5) is 0 Å². The Labute approximate surface area is 198 Å². The van der Waals surface area contributed by atoms with Gasteiger partial charge >= 0.3 is 0 Å². The van der Waals surface area contributed by atoms with Crippen molar-refractivity contribution < 1.29 is 13.7 Å². The van der Waals surface area contributed by atoms with E-state index in [4.69, 9.17) is 9.15 Å². The molecule has 0 bridgehead atoms. The molecule has 3 heterocycles. The molecule has 0 saturated carbocycles. The summed E-state index contributed by atoms with van der Waals surface area (Å²) in [7, 11) is 2.05. The van der Waals surface area contributed by atoms with Crippen LogP contribution in [-0.2, 0) is 11.8 Å². The van der Waals surface area contributed by atoms with Crippen LogP contribution in [0.1, 0.15) is 35.6 Å². The number of aryl methyl sites for hydroxylation is 2. The summed E-state index contributed by atoms with van der Waals surface area (Å²) in [4.78, 5) is 0. The van der Waals surface area contributed by atoms with E-state index in [-0.39, 0.29) is 6.10 Å². The summed E-state index contributed by atoms with van der Waals surface area (Å²) in [5.74, 6) is 0. The number of rotatable bonds is 3. The molecule has 0 radical (unpaired) electrons. The molecule has 6 rings (SSSR count). The summed E-state index contributed by atoms with van der Waals surface area (Å²) in [6.45, 7) is 2.94. The first kappa shape index (κ1) is 20.7. The average molecular weight is 446 g/mol. The van der Waals surface area contributed by atoms with E-state index in [1.165, 1.54) is 5.56 Å². The minimum absolute atomic E-state index is 0.170. The van der Waals surface area contributed by atoms with Gasteiger partial charge < -0.3 is 9.15 Å². The van der Waals surface area contributed by atoms with Gasteiger partial charge in [-0.2, -0.15) is 5.26 Å². The lowest BCUT2D eigenvalue weighted by Crippen LogP contribution is -2.30. The molecule has 1 atom stereocenters. The number of nitriles is 1. The quantitative estimate of drug-likeness (QED) is 0.288. The highest BCUT2D eigenvalue weighted by Crippen LogP contribution is 2.42. The lowest BCUT2D eigenvalue weighted by molar-refractivity contribution is -0.660. The zero-order valence-electron chi connectivity index (χ0n) is 19.3. The zero-order chi connectivity index (χ0) is 23.2. The van der Waals surface area contributed by atoms with Gasteiger partial charge in [-0.25, -0.2) is 4.57 Å². The smallest absolute Gasteiger partial charge is 0.216 e. The maximum Gasteiger partial charge on any atom is 0.216 e. The van der Waals surface area contributed by atoms with E-state index in [0.29, 0.717) is 5.56 Å². The summed E-state index contributed by atoms with van der Waals surface area (Å²) < 4.78 is 14.6. The molecule has 0 aliphatic carbocycles. The van der Waals surface area contributed by atoms with Gasteiger partial charge in [-0.1, -0.05) is 36.4 Å². The molecule has 1 saturated heterocycles. The van der Waals surface area contributed by atoms with Crippen molar-refractivity contribution in [1.82, 2.24) is 0 Å². The maximum atomic E-state index is 9.94. The van der Waals surface area contributed by atoms with Crippen LogP contribution in [-0.4, -0.2) is 6.61 Å². The Bertz CT molecular complexity index is 1580. The standard InChI is InChI=1S/C30H25N2O2/c1-19-8-14-23-24-15-13-22(18-31)28(21-11-9-20(10-12-21)26-7-5-17-33-26)30(24)34-29(23)27(19)25-6-3-4-16-32(25)2/h3-4,6,8-16,26H,5,7,17H2,1-2H3/q+1. The van der Waals surface area contributed by atoms with Crippen LogP contribution in [0.3, 0.4) is 0 Å². The number of hydrogen-bond donors (Lipinski definition) is 0. The van der Waals surface area contributed by atoms with Crippen molar-refractivity contribution in [2.75, 3.05) is 6.61 Å². The van der Waals surface area contributed by atoms with E-state index in [9.17, 15) is 5.26 Å². The van der Waals surface area contributed by atoms with E-state index in [2.05, 4.69) is 60.0 Å². The van der Waals surface area contributed by atoms with Gasteiger partial charge in [0, 0.05) is 35.1 Å². The minimum atomic E-state index is 0.170. The molecule has 0 amide bonds. The highest BCUT2D eigenvalue weighted by Gasteiger charge is 2.23. The first-order valence-electron chi connectivity index (χ1n) is 11.7. The van der Waals surface area contributed by atoms with Gasteiger partial charge in [0.05, 0.1) is 23.3 Å². The Balaban J connectivity index is 1.60. The van der Waals surface area contributed by atoms with Gasteiger partial charge in [-0.3, -0.25) is 0 Å². The third kappa shape index (κ3) is 3.21. The SMILES string of the molecule is Cc1ccc2c(oc3c(-c4ccc(C5CCCO5)cc4)c(C#N)ccc32)c1-c1cccc[n+]1C. The van der Waals surface area contributed by atoms with Crippen molar-refractivity contribution in [1.29, 1.82) is 5.26 Å². The maximum absolute atomic E-state index is 9.94. The van der Waals surface area contributed by atoms with Gasteiger partial charge in [0.2, 0.25) is 5.69 Å². The molecule has 0 spiro atoms. The van der Waals surface area contributed by atoms with Gasteiger partial charge in [0.15, 0.2) is 6.20 Å². The average Bonchev–Trinajstić information content (AvgIpc) is 3.52. The number of furan rings is 1. The van der Waals surface area contributed by atoms with Gasteiger partial charge in [0.25, 0.3) is 0 Å². The number of pyridine rings is 1. The van der Waals surface area contributed by atoms with Crippen molar-refractivity contribution >= 4 is 21.9 Å². The molecule has 0 N–H and O–H groups in total. The summed E-state index contributed by atoms with van der Waals surface area (Å²) in [5.41, 5.74) is 8.54. The first-order chi connectivity index (χ1) is 16.7. The normalized spacial score (nSPS) is 15.7. The molecule has 1 aliphatic rings. The molecular formula is C30H25N2O2+. The molecule has 1 fully saturated rings. The number of fused-ring (bicyclic) bond motifs is 3. The predicted molar refractivity (Wildman–Crippen MR) is 133 cm³/mol. The minimum Gasteiger partial charge on any atom is -0.454 e. The Hall–Kier alpha value is -3.94. The number of nitrogens with zero attached hydrogens (tertiary/aromatic N) is 2. The summed E-state index contributed by atoms with van der Waals surface area (Å²) in [5, 5.41) is 12.0. The van der Waals surface area contributed by atoms with Crippen molar-refractivity contribution in [3.8, 4) is 28.5 Å². The van der Waals surface area contributed by atoms with E-state index >= 15 is 0 Å². The Morgan fingerprint density at radius 1 is 0.912 bits per heavy atom. The fourth-order valence-electron chi connectivity index (χ4n) is 5.19. The van der Waals surface area contributed by atoms with Crippen LogP contribution in [0, 0.1) is 18.3 Å². The molecule has 34 heavy (non-hydrogen) atoms. The Morgan fingerprint density at radius 3 is 2.38 bits per heavy atom. The fraction of sp³-hybridized carbons (Fsp3) is 0.200. The van der Waals surface area contributed by atoms with Crippen LogP contribution in [0.25, 0.3) is 44.3 Å². The summed E-state index contributed by atoms with van der Waals surface area (Å²) in [6, 6.07) is 25.2. The number of aromatic nitrogens is 1. The molecular weight excluding hydrogens is 420 g/mol. The van der Waals surface area contributed by atoms with E-state index in [0.717, 1.165) is 69.3 Å². The lowest BCUT2D eigenvalue weighted by atomic mass is 9.95. The topological polar surface area (TPSA) is 50.0 Å². The molecule has 3 aromatic carbocycles. The molecule has 4 heteroatoms. The van der Waals surface area contributed by atoms with Gasteiger partial charge in [0.1, 0.15) is 18.2 Å². The second-order valence-corrected chi connectivity index (χ2v) is 9.03. The van der Waals surface area contributed by atoms with Crippen LogP contribution in [0.15, 0.2) is 77.3 Å². The fourth-order valence-corrected chi connectivity index (χ4v) is 5.19. The Morgan fingerprint density at radius 2 is 1.68 bits per heavy atom. The summed E-state index contributed by atoms with van der Waals surface area (Å²) >= 11 is 0. The van der Waals surface area contributed by atoms with Gasteiger partial charge in [-0.05, 0) is 54.7 Å². The molecule has 166 valence electrons. The van der Waals surface area contributed by atoms with E-state index in [1.807, 2.05) is 37.5 Å². The third-order valence-corrected chi connectivity index (χ3v) is 6.95.